The van der Waals surface area contributed by atoms with Crippen molar-refractivity contribution in [3.05, 3.63) is 81.6 Å². The van der Waals surface area contributed by atoms with Crippen LogP contribution >= 0.6 is 11.6 Å². The highest BCUT2D eigenvalue weighted by molar-refractivity contribution is 7.86. The summed E-state index contributed by atoms with van der Waals surface area (Å²) in [5, 5.41) is 9.54. The summed E-state index contributed by atoms with van der Waals surface area (Å²) in [6, 6.07) is 17.8. The Morgan fingerprint density at radius 3 is 2.60 bits per heavy atom. The standard InChI is InChI=1S/C27H24ClFN4O6S/c1-30-25(34)15-39-24-11-17-10-19(13-23(38-3)26(17)33(2)27(24)35)32-22-12-18(7-8-21(22)28)31-14-16-5-4-6-20(9-16)40(29,36)37/h4-6,9-13,31-32H,14-15H2,1-3H3,(H,30,34). The molecule has 1 heterocycles. The molecule has 3 aromatic carbocycles. The van der Waals surface area contributed by atoms with Gasteiger partial charge in [-0.3, -0.25) is 9.59 Å². The van der Waals surface area contributed by atoms with E-state index in [1.165, 1.54) is 43.0 Å². The van der Waals surface area contributed by atoms with Gasteiger partial charge in [-0.2, -0.15) is 8.42 Å². The van der Waals surface area contributed by atoms with Gasteiger partial charge in [0, 0.05) is 37.8 Å². The van der Waals surface area contributed by atoms with Crippen LogP contribution in [-0.4, -0.2) is 39.7 Å². The van der Waals surface area contributed by atoms with Gasteiger partial charge in [0.25, 0.3) is 11.5 Å². The highest BCUT2D eigenvalue weighted by Gasteiger charge is 2.16. The number of hydrogen-bond donors (Lipinski definition) is 3. The summed E-state index contributed by atoms with van der Waals surface area (Å²) in [6.45, 7) is -0.132. The molecule has 0 bridgehead atoms. The van der Waals surface area contributed by atoms with Crippen LogP contribution in [0.4, 0.5) is 20.9 Å². The number of pyridine rings is 1. The van der Waals surface area contributed by atoms with Crippen molar-refractivity contribution in [3.63, 3.8) is 0 Å². The van der Waals surface area contributed by atoms with Gasteiger partial charge in [0.05, 0.1) is 28.9 Å². The van der Waals surface area contributed by atoms with Gasteiger partial charge in [-0.05, 0) is 48.0 Å². The van der Waals surface area contributed by atoms with E-state index in [2.05, 4.69) is 28.1 Å². The first-order chi connectivity index (χ1) is 19.0. The highest BCUT2D eigenvalue weighted by atomic mass is 35.5. The first kappa shape index (κ1) is 28.5. The summed E-state index contributed by atoms with van der Waals surface area (Å²) < 4.78 is 48.1. The minimum absolute atomic E-state index is 0.00500. The summed E-state index contributed by atoms with van der Waals surface area (Å²) in [5.41, 5.74) is 2.14. The van der Waals surface area contributed by atoms with Crippen LogP contribution in [0.5, 0.6) is 11.5 Å². The van der Waals surface area contributed by atoms with Gasteiger partial charge in [-0.25, -0.2) is 0 Å². The van der Waals surface area contributed by atoms with Crippen molar-refractivity contribution in [2.24, 2.45) is 7.05 Å². The van der Waals surface area contributed by atoms with E-state index in [-0.39, 0.29) is 29.8 Å². The van der Waals surface area contributed by atoms with E-state index in [1.54, 1.807) is 31.3 Å². The molecule has 4 aromatic rings. The van der Waals surface area contributed by atoms with Crippen molar-refractivity contribution in [1.82, 2.24) is 9.88 Å². The molecule has 1 amide bonds. The Bertz CT molecular complexity index is 1760. The topological polar surface area (TPSA) is 128 Å². The molecule has 10 nitrogen and oxygen atoms in total. The second-order valence-corrected chi connectivity index (χ2v) is 10.3. The summed E-state index contributed by atoms with van der Waals surface area (Å²) in [7, 11) is -0.304. The number of methoxy groups -OCH3 is 1. The van der Waals surface area contributed by atoms with Crippen molar-refractivity contribution < 1.29 is 26.6 Å². The number of likely N-dealkylation sites (N-methyl/N-ethyl adjacent to an activating group) is 1. The zero-order valence-corrected chi connectivity index (χ0v) is 23.2. The third kappa shape index (κ3) is 6.39. The predicted molar refractivity (Wildman–Crippen MR) is 150 cm³/mol. The smallest absolute Gasteiger partial charge is 0.332 e. The average molecular weight is 587 g/mol. The minimum Gasteiger partial charge on any atom is -0.494 e. The molecule has 208 valence electrons. The van der Waals surface area contributed by atoms with Gasteiger partial charge < -0.3 is 30.0 Å². The maximum Gasteiger partial charge on any atom is 0.332 e. The van der Waals surface area contributed by atoms with Crippen LogP contribution in [-0.2, 0) is 28.6 Å². The molecule has 0 spiro atoms. The molecule has 0 unspecified atom stereocenters. The number of amides is 1. The largest absolute Gasteiger partial charge is 0.494 e. The summed E-state index contributed by atoms with van der Waals surface area (Å²) >= 11 is 6.36. The summed E-state index contributed by atoms with van der Waals surface area (Å²) in [5.74, 6) is 0.0159. The van der Waals surface area contributed by atoms with Crippen molar-refractivity contribution >= 4 is 55.7 Å². The predicted octanol–water partition coefficient (Wildman–Crippen LogP) is 3.94. The Morgan fingerprint density at radius 1 is 1.12 bits per heavy atom. The van der Waals surface area contributed by atoms with Crippen molar-refractivity contribution in [1.29, 1.82) is 0 Å². The summed E-state index contributed by atoms with van der Waals surface area (Å²) in [6.07, 6.45) is 0. The van der Waals surface area contributed by atoms with Gasteiger partial charge in [0.1, 0.15) is 10.8 Å². The number of nitrogens with zero attached hydrogens (tertiary/aromatic N) is 1. The van der Waals surface area contributed by atoms with Gasteiger partial charge in [0.15, 0.2) is 12.4 Å². The first-order valence-corrected chi connectivity index (χ1v) is 13.5. The normalized spacial score (nSPS) is 11.0. The highest BCUT2D eigenvalue weighted by Crippen LogP contribution is 2.34. The van der Waals surface area contributed by atoms with Gasteiger partial charge in [0.2, 0.25) is 0 Å². The van der Waals surface area contributed by atoms with E-state index in [0.717, 1.165) is 0 Å². The zero-order chi connectivity index (χ0) is 29.0. The number of ether oxygens (including phenoxy) is 2. The number of nitrogens with one attached hydrogen (secondary N) is 3. The number of hydrogen-bond acceptors (Lipinski definition) is 8. The van der Waals surface area contributed by atoms with Crippen LogP contribution in [0.15, 0.2) is 58.2 Å². The van der Waals surface area contributed by atoms with Crippen molar-refractivity contribution in [2.45, 2.75) is 11.4 Å². The van der Waals surface area contributed by atoms with Gasteiger partial charge in [-0.1, -0.05) is 23.7 Å². The number of aromatic nitrogens is 1. The number of halogens is 2. The molecule has 40 heavy (non-hydrogen) atoms. The fraction of sp³-hybridized carbons (Fsp3) is 0.185. The van der Waals surface area contributed by atoms with E-state index >= 15 is 0 Å². The van der Waals surface area contributed by atoms with Crippen molar-refractivity contribution in [2.75, 3.05) is 31.4 Å². The van der Waals surface area contributed by atoms with Crippen LogP contribution in [0.25, 0.3) is 10.9 Å². The number of anilines is 3. The monoisotopic (exact) mass is 586 g/mol. The molecule has 1 aromatic heterocycles. The van der Waals surface area contributed by atoms with Crippen LogP contribution in [0.1, 0.15) is 5.56 Å². The number of fused-ring (bicyclic) bond motifs is 1. The number of aryl methyl sites for hydroxylation is 1. The van der Waals surface area contributed by atoms with Gasteiger partial charge >= 0.3 is 10.2 Å². The lowest BCUT2D eigenvalue weighted by molar-refractivity contribution is -0.122. The Morgan fingerprint density at radius 2 is 1.90 bits per heavy atom. The first-order valence-electron chi connectivity index (χ1n) is 11.7. The molecule has 0 atom stereocenters. The van der Waals surface area contributed by atoms with Gasteiger partial charge in [-0.15, -0.1) is 3.89 Å². The van der Waals surface area contributed by atoms with E-state index in [1.807, 2.05) is 0 Å². The third-order valence-electron chi connectivity index (χ3n) is 5.87. The second-order valence-electron chi connectivity index (χ2n) is 8.55. The Kier molecular flexibility index (Phi) is 8.37. The molecular formula is C27H24ClFN4O6S. The number of carbonyl (C=O) groups is 1. The lowest BCUT2D eigenvalue weighted by atomic mass is 10.1. The van der Waals surface area contributed by atoms with E-state index < -0.39 is 20.7 Å². The second kappa shape index (κ2) is 11.7. The summed E-state index contributed by atoms with van der Waals surface area (Å²) in [4.78, 5) is 24.0. The Labute approximate surface area is 234 Å². The van der Waals surface area contributed by atoms with E-state index in [0.29, 0.717) is 39.3 Å². The van der Waals surface area contributed by atoms with E-state index in [4.69, 9.17) is 21.1 Å². The Balaban J connectivity index is 1.62. The Hall–Kier alpha value is -4.47. The molecule has 4 rings (SSSR count). The molecule has 0 radical (unpaired) electrons. The molecule has 3 N–H and O–H groups in total. The quantitative estimate of drug-likeness (QED) is 0.239. The van der Waals surface area contributed by atoms with Crippen molar-refractivity contribution in [3.8, 4) is 11.5 Å². The van der Waals surface area contributed by atoms with Crippen LogP contribution in [0, 0.1) is 12.1 Å². The van der Waals surface area contributed by atoms with Crippen LogP contribution < -0.4 is 31.0 Å². The SMILES string of the molecule is CNC(=O)COc1cc2cc(Nc3cc(NCc4cccc(S(=O)(=O)F)c4)c#cc3Cl)cc(OC)c2n(C)c1=O. The molecule has 13 heteroatoms. The molecule has 0 aliphatic rings. The molecule has 0 fully saturated rings. The lowest BCUT2D eigenvalue weighted by Gasteiger charge is -2.16. The molecule has 0 aliphatic carbocycles. The number of benzene rings is 2. The number of rotatable bonds is 10. The molecule has 0 saturated heterocycles. The number of carbonyl (C=O) groups excluding carboxylic acids is 1. The molecular weight excluding hydrogens is 563 g/mol. The third-order valence-corrected chi connectivity index (χ3v) is 6.99. The zero-order valence-electron chi connectivity index (χ0n) is 21.6. The maximum absolute atomic E-state index is 13.3. The fourth-order valence-electron chi connectivity index (χ4n) is 3.89. The minimum atomic E-state index is -4.82. The fourth-order valence-corrected chi connectivity index (χ4v) is 4.58. The van der Waals surface area contributed by atoms with Crippen LogP contribution in [0.2, 0.25) is 5.02 Å². The average Bonchev–Trinajstić information content (AvgIpc) is 2.93. The molecule has 0 saturated carbocycles. The molecule has 0 aliphatic heterocycles. The van der Waals surface area contributed by atoms with E-state index in [9.17, 15) is 21.9 Å². The van der Waals surface area contributed by atoms with Crippen LogP contribution in [0.3, 0.4) is 0 Å². The lowest BCUT2D eigenvalue weighted by Crippen LogP contribution is -2.27. The maximum atomic E-state index is 13.3.